The van der Waals surface area contributed by atoms with Gasteiger partial charge in [0.2, 0.25) is 0 Å². The number of benzene rings is 2. The minimum absolute atomic E-state index is 0.0240. The van der Waals surface area contributed by atoms with Gasteiger partial charge in [-0.3, -0.25) is 4.79 Å². The molecule has 1 N–H and O–H groups in total. The monoisotopic (exact) mass is 346 g/mol. The first-order valence-corrected chi connectivity index (χ1v) is 9.50. The minimum atomic E-state index is -0.0577. The van der Waals surface area contributed by atoms with Crippen LogP contribution < -0.4 is 5.32 Å². The molecule has 2 saturated carbocycles. The van der Waals surface area contributed by atoms with Crippen molar-refractivity contribution in [3.8, 4) is 11.1 Å². The van der Waals surface area contributed by atoms with Crippen molar-refractivity contribution in [3.05, 3.63) is 59.7 Å². The molecule has 0 bridgehead atoms. The number of carbonyl (C=O) groups excluding carboxylic acids is 1. The number of oxime groups is 1. The maximum atomic E-state index is 12.3. The van der Waals surface area contributed by atoms with Crippen molar-refractivity contribution in [2.24, 2.45) is 17.0 Å². The van der Waals surface area contributed by atoms with Crippen LogP contribution >= 0.6 is 0 Å². The average Bonchev–Trinajstić information content (AvgIpc) is 3.58. The van der Waals surface area contributed by atoms with Crippen molar-refractivity contribution in [2.75, 3.05) is 6.61 Å². The molecule has 2 aromatic carbocycles. The second-order valence-electron chi connectivity index (χ2n) is 7.57. The molecule has 0 unspecified atom stereocenters. The number of nitrogens with one attached hydrogen (secondary N) is 1. The molecule has 0 saturated heterocycles. The van der Waals surface area contributed by atoms with E-state index < -0.39 is 0 Å². The van der Waals surface area contributed by atoms with Gasteiger partial charge in [-0.15, -0.1) is 0 Å². The third-order valence-corrected chi connectivity index (χ3v) is 5.59. The van der Waals surface area contributed by atoms with Crippen LogP contribution in [0.5, 0.6) is 0 Å². The highest BCUT2D eigenvalue weighted by Crippen LogP contribution is 2.44. The van der Waals surface area contributed by atoms with Crippen molar-refractivity contribution in [3.63, 3.8) is 0 Å². The average molecular weight is 346 g/mol. The number of hydrogen-bond acceptors (Lipinski definition) is 3. The second-order valence-corrected chi connectivity index (χ2v) is 7.57. The van der Waals surface area contributed by atoms with Gasteiger partial charge in [0.25, 0.3) is 5.91 Å². The Balaban J connectivity index is 1.29. The highest BCUT2D eigenvalue weighted by atomic mass is 16.6. The summed E-state index contributed by atoms with van der Waals surface area (Å²) in [4.78, 5) is 17.7. The van der Waals surface area contributed by atoms with E-state index in [9.17, 15) is 4.79 Å². The standard InChI is InChI=1S/C22H22N2O2/c25-20(23-21(14-9-10-14)15-11-12-15)13-26-24-22-18-7-3-1-5-16(18)17-6-2-4-8-19(17)22/h1-8,14-15,21H,9-13H2,(H,23,25). The normalized spacial score (nSPS) is 17.7. The smallest absolute Gasteiger partial charge is 0.261 e. The van der Waals surface area contributed by atoms with Gasteiger partial charge >= 0.3 is 0 Å². The highest BCUT2D eigenvalue weighted by Gasteiger charge is 2.42. The van der Waals surface area contributed by atoms with Gasteiger partial charge in [-0.2, -0.15) is 0 Å². The molecule has 0 atom stereocenters. The van der Waals surface area contributed by atoms with Crippen molar-refractivity contribution >= 4 is 11.6 Å². The lowest BCUT2D eigenvalue weighted by Gasteiger charge is -2.17. The van der Waals surface area contributed by atoms with Crippen LogP contribution in [0.15, 0.2) is 53.7 Å². The van der Waals surface area contributed by atoms with Gasteiger partial charge in [-0.25, -0.2) is 0 Å². The highest BCUT2D eigenvalue weighted by molar-refractivity contribution is 6.24. The summed E-state index contributed by atoms with van der Waals surface area (Å²) in [6.07, 6.45) is 4.99. The molecule has 0 spiro atoms. The molecule has 0 heterocycles. The van der Waals surface area contributed by atoms with Gasteiger partial charge in [-0.05, 0) is 48.6 Å². The fraction of sp³-hybridized carbons (Fsp3) is 0.364. The second kappa shape index (κ2) is 6.27. The van der Waals surface area contributed by atoms with Crippen molar-refractivity contribution in [2.45, 2.75) is 31.7 Å². The molecule has 4 nitrogen and oxygen atoms in total. The van der Waals surface area contributed by atoms with Crippen LogP contribution in [0.4, 0.5) is 0 Å². The Bertz CT molecular complexity index is 822. The van der Waals surface area contributed by atoms with Gasteiger partial charge in [0.05, 0.1) is 0 Å². The summed E-state index contributed by atoms with van der Waals surface area (Å²) < 4.78 is 0. The van der Waals surface area contributed by atoms with Gasteiger partial charge < -0.3 is 10.2 Å². The Morgan fingerprint density at radius 2 is 1.42 bits per heavy atom. The fourth-order valence-electron chi connectivity index (χ4n) is 4.01. The summed E-state index contributed by atoms with van der Waals surface area (Å²) in [6.45, 7) is -0.0240. The van der Waals surface area contributed by atoms with Gasteiger partial charge in [0, 0.05) is 17.2 Å². The Morgan fingerprint density at radius 3 is 1.92 bits per heavy atom. The number of fused-ring (bicyclic) bond motifs is 3. The molecule has 5 rings (SSSR count). The summed E-state index contributed by atoms with van der Waals surface area (Å²) in [5.74, 6) is 1.32. The van der Waals surface area contributed by atoms with Crippen LogP contribution in [-0.4, -0.2) is 24.3 Å². The summed E-state index contributed by atoms with van der Waals surface area (Å²) >= 11 is 0. The minimum Gasteiger partial charge on any atom is -0.385 e. The van der Waals surface area contributed by atoms with Crippen molar-refractivity contribution in [1.29, 1.82) is 0 Å². The maximum Gasteiger partial charge on any atom is 0.261 e. The van der Waals surface area contributed by atoms with E-state index in [0.29, 0.717) is 17.9 Å². The first-order valence-electron chi connectivity index (χ1n) is 9.50. The molecule has 0 aromatic heterocycles. The summed E-state index contributed by atoms with van der Waals surface area (Å²) in [6, 6.07) is 16.7. The predicted molar refractivity (Wildman–Crippen MR) is 101 cm³/mol. The van der Waals surface area contributed by atoms with Gasteiger partial charge in [-0.1, -0.05) is 53.7 Å². The third-order valence-electron chi connectivity index (χ3n) is 5.59. The molecule has 26 heavy (non-hydrogen) atoms. The summed E-state index contributed by atoms with van der Waals surface area (Å²) in [5, 5.41) is 7.50. The molecule has 0 aliphatic heterocycles. The largest absolute Gasteiger partial charge is 0.385 e. The van der Waals surface area contributed by atoms with Crippen LogP contribution in [0.1, 0.15) is 36.8 Å². The van der Waals surface area contributed by atoms with E-state index in [0.717, 1.165) is 28.0 Å². The molecule has 3 aliphatic rings. The molecular weight excluding hydrogens is 324 g/mol. The van der Waals surface area contributed by atoms with Gasteiger partial charge in [0.15, 0.2) is 6.61 Å². The lowest BCUT2D eigenvalue weighted by Crippen LogP contribution is -2.39. The van der Waals surface area contributed by atoms with Crippen molar-refractivity contribution < 1.29 is 9.63 Å². The number of carbonyl (C=O) groups is 1. The van der Waals surface area contributed by atoms with Crippen LogP contribution in [0.2, 0.25) is 0 Å². The zero-order valence-corrected chi connectivity index (χ0v) is 14.7. The quantitative estimate of drug-likeness (QED) is 0.691. The van der Waals surface area contributed by atoms with Crippen LogP contribution in [0.3, 0.4) is 0 Å². The molecule has 2 aromatic rings. The number of hydrogen-bond donors (Lipinski definition) is 1. The zero-order valence-electron chi connectivity index (χ0n) is 14.7. The SMILES string of the molecule is O=C(CON=C1c2ccccc2-c2ccccc21)NC(C1CC1)C1CC1. The van der Waals surface area contributed by atoms with E-state index in [4.69, 9.17) is 4.84 Å². The molecule has 0 radical (unpaired) electrons. The first-order chi connectivity index (χ1) is 12.8. The number of rotatable bonds is 6. The Labute approximate surface area is 153 Å². The van der Waals surface area contributed by atoms with E-state index in [-0.39, 0.29) is 12.5 Å². The Hall–Kier alpha value is -2.62. The topological polar surface area (TPSA) is 50.7 Å². The maximum absolute atomic E-state index is 12.3. The fourth-order valence-corrected chi connectivity index (χ4v) is 4.01. The number of amides is 1. The third kappa shape index (κ3) is 2.90. The zero-order chi connectivity index (χ0) is 17.5. The molecule has 3 aliphatic carbocycles. The lowest BCUT2D eigenvalue weighted by atomic mass is 10.1. The predicted octanol–water partition coefficient (Wildman–Crippen LogP) is 3.74. The molecule has 132 valence electrons. The molecular formula is C22H22N2O2. The summed E-state index contributed by atoms with van der Waals surface area (Å²) in [5.41, 5.74) is 5.26. The van der Waals surface area contributed by atoms with Crippen molar-refractivity contribution in [1.82, 2.24) is 5.32 Å². The van der Waals surface area contributed by atoms with Crippen LogP contribution in [0.25, 0.3) is 11.1 Å². The van der Waals surface area contributed by atoms with E-state index in [2.05, 4.69) is 22.6 Å². The first kappa shape index (κ1) is 15.6. The van der Waals surface area contributed by atoms with Gasteiger partial charge in [0.1, 0.15) is 5.71 Å². The summed E-state index contributed by atoms with van der Waals surface area (Å²) in [7, 11) is 0. The van der Waals surface area contributed by atoms with E-state index in [1.165, 1.54) is 25.7 Å². The lowest BCUT2D eigenvalue weighted by molar-refractivity contribution is -0.126. The number of nitrogens with zero attached hydrogens (tertiary/aromatic N) is 1. The molecule has 2 fully saturated rings. The Kier molecular flexibility index (Phi) is 3.77. The van der Waals surface area contributed by atoms with Crippen LogP contribution in [0, 0.1) is 11.8 Å². The van der Waals surface area contributed by atoms with E-state index in [1.807, 2.05) is 36.4 Å². The molecule has 1 amide bonds. The molecule has 4 heteroatoms. The Morgan fingerprint density at radius 1 is 0.923 bits per heavy atom. The van der Waals surface area contributed by atoms with E-state index in [1.54, 1.807) is 0 Å². The van der Waals surface area contributed by atoms with Crippen LogP contribution in [-0.2, 0) is 9.63 Å². The van der Waals surface area contributed by atoms with E-state index >= 15 is 0 Å².